The molecule has 2 aromatic carbocycles. The first-order valence-electron chi connectivity index (χ1n) is 6.48. The number of rotatable bonds is 3. The predicted octanol–water partition coefficient (Wildman–Crippen LogP) is 5.95. The Labute approximate surface area is 130 Å². The van der Waals surface area contributed by atoms with Crippen LogP contribution in [0.25, 0.3) is 0 Å². The van der Waals surface area contributed by atoms with Crippen molar-refractivity contribution in [2.24, 2.45) is 0 Å². The van der Waals surface area contributed by atoms with Crippen LogP contribution in [0.5, 0.6) is 0 Å². The van der Waals surface area contributed by atoms with E-state index in [1.54, 1.807) is 0 Å². The molecule has 0 saturated heterocycles. The molecule has 0 aliphatic rings. The maximum Gasteiger partial charge on any atom is 0.416 e. The van der Waals surface area contributed by atoms with Crippen LogP contribution in [0.4, 0.5) is 18.9 Å². The van der Waals surface area contributed by atoms with Gasteiger partial charge in [0, 0.05) is 16.2 Å². The lowest BCUT2D eigenvalue weighted by atomic mass is 10.0. The maximum absolute atomic E-state index is 12.8. The zero-order valence-electron chi connectivity index (χ0n) is 11.6. The number of nitrogens with one attached hydrogen (secondary N) is 1. The van der Waals surface area contributed by atoms with E-state index in [2.05, 4.69) is 21.2 Å². The van der Waals surface area contributed by atoms with Crippen LogP contribution in [-0.2, 0) is 6.18 Å². The minimum Gasteiger partial charge on any atom is -0.378 e. The van der Waals surface area contributed by atoms with E-state index in [1.807, 2.05) is 38.1 Å². The first kappa shape index (κ1) is 15.9. The van der Waals surface area contributed by atoms with Gasteiger partial charge in [-0.2, -0.15) is 13.2 Å². The summed E-state index contributed by atoms with van der Waals surface area (Å²) in [5, 5.41) is 3.13. The Morgan fingerprint density at radius 3 is 2.38 bits per heavy atom. The summed E-state index contributed by atoms with van der Waals surface area (Å²) in [6.07, 6.45) is -4.34. The molecule has 1 N–H and O–H groups in total. The first-order valence-corrected chi connectivity index (χ1v) is 7.27. The summed E-state index contributed by atoms with van der Waals surface area (Å²) >= 11 is 3.29. The molecule has 0 saturated carbocycles. The van der Waals surface area contributed by atoms with Crippen molar-refractivity contribution < 1.29 is 13.2 Å². The molecule has 0 radical (unpaired) electrons. The molecule has 2 rings (SSSR count). The third kappa shape index (κ3) is 3.79. The van der Waals surface area contributed by atoms with Gasteiger partial charge in [0.05, 0.1) is 5.56 Å². The maximum atomic E-state index is 12.8. The quantitative estimate of drug-likeness (QED) is 0.715. The summed E-state index contributed by atoms with van der Waals surface area (Å²) in [6.45, 7) is 3.91. The van der Waals surface area contributed by atoms with Crippen molar-refractivity contribution in [1.82, 2.24) is 0 Å². The number of anilines is 1. The molecule has 0 spiro atoms. The highest BCUT2D eigenvalue weighted by molar-refractivity contribution is 9.10. The normalized spacial score (nSPS) is 13.0. The van der Waals surface area contributed by atoms with E-state index in [4.69, 9.17) is 0 Å². The third-order valence-corrected chi connectivity index (χ3v) is 4.01. The van der Waals surface area contributed by atoms with Gasteiger partial charge in [0.2, 0.25) is 0 Å². The molecule has 0 heterocycles. The number of alkyl halides is 3. The smallest absolute Gasteiger partial charge is 0.378 e. The minimum atomic E-state index is -4.34. The van der Waals surface area contributed by atoms with E-state index >= 15 is 0 Å². The summed E-state index contributed by atoms with van der Waals surface area (Å²) < 4.78 is 39.0. The molecule has 21 heavy (non-hydrogen) atoms. The van der Waals surface area contributed by atoms with Crippen molar-refractivity contribution >= 4 is 21.6 Å². The third-order valence-electron chi connectivity index (χ3n) is 3.32. The Balaban J connectivity index is 2.29. The molecule has 0 amide bonds. The molecule has 0 fully saturated rings. The second-order valence-corrected chi connectivity index (χ2v) is 5.77. The lowest BCUT2D eigenvalue weighted by Gasteiger charge is -2.20. The number of hydrogen-bond acceptors (Lipinski definition) is 1. The van der Waals surface area contributed by atoms with Gasteiger partial charge < -0.3 is 5.32 Å². The fourth-order valence-corrected chi connectivity index (χ4v) is 2.56. The highest BCUT2D eigenvalue weighted by atomic mass is 79.9. The lowest BCUT2D eigenvalue weighted by Crippen LogP contribution is -2.10. The Morgan fingerprint density at radius 2 is 1.76 bits per heavy atom. The first-order chi connectivity index (χ1) is 9.79. The highest BCUT2D eigenvalue weighted by Crippen LogP contribution is 2.35. The van der Waals surface area contributed by atoms with Gasteiger partial charge >= 0.3 is 6.18 Å². The summed E-state index contributed by atoms with van der Waals surface area (Å²) in [5.41, 5.74) is 1.92. The van der Waals surface area contributed by atoms with Crippen molar-refractivity contribution in [2.45, 2.75) is 26.1 Å². The minimum absolute atomic E-state index is 0.0917. The van der Waals surface area contributed by atoms with Gasteiger partial charge in [-0.25, -0.2) is 0 Å². The standard InChI is InChI=1S/C16H15BrF3N/c1-10-5-3-4-6-13(10)11(2)21-15-9-12(16(18,19)20)7-8-14(15)17/h3-9,11,21H,1-2H3. The van der Waals surface area contributed by atoms with Crippen LogP contribution >= 0.6 is 15.9 Å². The number of hydrogen-bond donors (Lipinski definition) is 1. The van der Waals surface area contributed by atoms with Crippen LogP contribution in [0, 0.1) is 6.92 Å². The van der Waals surface area contributed by atoms with Gasteiger partial charge in [0.15, 0.2) is 0 Å². The topological polar surface area (TPSA) is 12.0 Å². The van der Waals surface area contributed by atoms with Gasteiger partial charge in [-0.1, -0.05) is 24.3 Å². The Kier molecular flexibility index (Phi) is 4.61. The van der Waals surface area contributed by atoms with E-state index in [-0.39, 0.29) is 6.04 Å². The zero-order chi connectivity index (χ0) is 15.6. The molecule has 2 aromatic rings. The monoisotopic (exact) mass is 357 g/mol. The van der Waals surface area contributed by atoms with E-state index in [1.165, 1.54) is 6.07 Å². The van der Waals surface area contributed by atoms with Gasteiger partial charge in [-0.15, -0.1) is 0 Å². The summed E-state index contributed by atoms with van der Waals surface area (Å²) in [7, 11) is 0. The molecule has 5 heteroatoms. The fraction of sp³-hybridized carbons (Fsp3) is 0.250. The van der Waals surface area contributed by atoms with Crippen molar-refractivity contribution in [3.05, 3.63) is 63.6 Å². The molecule has 1 unspecified atom stereocenters. The van der Waals surface area contributed by atoms with Crippen LogP contribution in [0.3, 0.4) is 0 Å². The number of benzene rings is 2. The SMILES string of the molecule is Cc1ccccc1C(C)Nc1cc(C(F)(F)F)ccc1Br. The number of halogens is 4. The highest BCUT2D eigenvalue weighted by Gasteiger charge is 2.31. The Bertz CT molecular complexity index is 638. The van der Waals surface area contributed by atoms with Crippen LogP contribution in [0.15, 0.2) is 46.9 Å². The van der Waals surface area contributed by atoms with Crippen LogP contribution in [0.2, 0.25) is 0 Å². The van der Waals surface area contributed by atoms with Crippen LogP contribution < -0.4 is 5.32 Å². The van der Waals surface area contributed by atoms with Gasteiger partial charge in [-0.3, -0.25) is 0 Å². The van der Waals surface area contributed by atoms with Crippen LogP contribution in [-0.4, -0.2) is 0 Å². The van der Waals surface area contributed by atoms with Crippen molar-refractivity contribution in [3.8, 4) is 0 Å². The van der Waals surface area contributed by atoms with E-state index in [9.17, 15) is 13.2 Å². The molecule has 1 nitrogen and oxygen atoms in total. The Morgan fingerprint density at radius 1 is 1.10 bits per heavy atom. The molecule has 0 bridgehead atoms. The molecule has 0 aliphatic heterocycles. The average molecular weight is 358 g/mol. The molecule has 0 aliphatic carbocycles. The average Bonchev–Trinajstić information content (AvgIpc) is 2.40. The summed E-state index contributed by atoms with van der Waals surface area (Å²) in [5.74, 6) is 0. The second-order valence-electron chi connectivity index (χ2n) is 4.91. The fourth-order valence-electron chi connectivity index (χ4n) is 2.20. The molecule has 0 aromatic heterocycles. The Hall–Kier alpha value is -1.49. The number of aryl methyl sites for hydroxylation is 1. The second kappa shape index (κ2) is 6.10. The van der Waals surface area contributed by atoms with Crippen molar-refractivity contribution in [1.29, 1.82) is 0 Å². The molecule has 1 atom stereocenters. The van der Waals surface area contributed by atoms with Gasteiger partial charge in [0.1, 0.15) is 0 Å². The summed E-state index contributed by atoms with van der Waals surface area (Å²) in [6, 6.07) is 11.3. The predicted molar refractivity (Wildman–Crippen MR) is 82.4 cm³/mol. The van der Waals surface area contributed by atoms with Crippen LogP contribution in [0.1, 0.15) is 29.7 Å². The van der Waals surface area contributed by atoms with Crippen molar-refractivity contribution in [3.63, 3.8) is 0 Å². The molecular weight excluding hydrogens is 343 g/mol. The van der Waals surface area contributed by atoms with Gasteiger partial charge in [-0.05, 0) is 59.1 Å². The molecule has 112 valence electrons. The largest absolute Gasteiger partial charge is 0.416 e. The lowest BCUT2D eigenvalue weighted by molar-refractivity contribution is -0.137. The summed E-state index contributed by atoms with van der Waals surface area (Å²) in [4.78, 5) is 0. The van der Waals surface area contributed by atoms with E-state index < -0.39 is 11.7 Å². The van der Waals surface area contributed by atoms with E-state index in [0.29, 0.717) is 10.2 Å². The van der Waals surface area contributed by atoms with E-state index in [0.717, 1.165) is 23.3 Å². The zero-order valence-corrected chi connectivity index (χ0v) is 13.2. The molecular formula is C16H15BrF3N. The van der Waals surface area contributed by atoms with Crippen molar-refractivity contribution in [2.75, 3.05) is 5.32 Å². The van der Waals surface area contributed by atoms with Gasteiger partial charge in [0.25, 0.3) is 0 Å².